The highest BCUT2D eigenvalue weighted by atomic mass is 32.2. The van der Waals surface area contributed by atoms with Gasteiger partial charge in [0.25, 0.3) is 5.89 Å². The van der Waals surface area contributed by atoms with Crippen LogP contribution in [-0.2, 0) is 14.8 Å². The van der Waals surface area contributed by atoms with Crippen molar-refractivity contribution in [2.75, 3.05) is 6.54 Å². The maximum Gasteiger partial charge on any atom is 0.338 e. The van der Waals surface area contributed by atoms with Gasteiger partial charge in [-0.3, -0.25) is 0 Å². The third-order valence-electron chi connectivity index (χ3n) is 2.89. The second-order valence-electron chi connectivity index (χ2n) is 4.74. The van der Waals surface area contributed by atoms with Gasteiger partial charge in [-0.25, -0.2) is 17.9 Å². The summed E-state index contributed by atoms with van der Waals surface area (Å²) < 4.78 is 36.7. The monoisotopic (exact) mass is 339 g/mol. The number of sulfonamides is 1. The van der Waals surface area contributed by atoms with Crippen LogP contribution in [0.15, 0.2) is 33.6 Å². The molecule has 2 aromatic rings. The Morgan fingerprint density at radius 1 is 1.39 bits per heavy atom. The molecule has 1 heterocycles. The molecule has 0 spiro atoms. The molecular formula is C14H17N3O5S. The van der Waals surface area contributed by atoms with Crippen LogP contribution >= 0.6 is 0 Å². The fraction of sp³-hybridized carbons (Fsp3) is 0.357. The van der Waals surface area contributed by atoms with Gasteiger partial charge in [-0.1, -0.05) is 13.0 Å². The summed E-state index contributed by atoms with van der Waals surface area (Å²) in [4.78, 5) is 12.1. The molecule has 0 amide bonds. The summed E-state index contributed by atoms with van der Waals surface area (Å²) in [5.74, 6) is -0.143. The Morgan fingerprint density at radius 3 is 2.74 bits per heavy atom. The van der Waals surface area contributed by atoms with E-state index in [-0.39, 0.29) is 22.9 Å². The minimum absolute atomic E-state index is 0.00455. The first-order valence-corrected chi connectivity index (χ1v) is 8.42. The van der Waals surface area contributed by atoms with E-state index >= 15 is 0 Å². The zero-order valence-electron chi connectivity index (χ0n) is 12.9. The lowest BCUT2D eigenvalue weighted by Crippen LogP contribution is -2.23. The van der Waals surface area contributed by atoms with Gasteiger partial charge in [0.05, 0.1) is 10.5 Å². The summed E-state index contributed by atoms with van der Waals surface area (Å²) in [6, 6.07) is 5.60. The molecule has 0 aliphatic carbocycles. The van der Waals surface area contributed by atoms with E-state index < -0.39 is 22.1 Å². The molecule has 1 N–H and O–H groups in total. The Hall–Kier alpha value is -2.26. The highest BCUT2D eigenvalue weighted by molar-refractivity contribution is 7.89. The van der Waals surface area contributed by atoms with Crippen LogP contribution in [0.1, 0.15) is 42.1 Å². The number of nitrogens with one attached hydrogen (secondary N) is 1. The largest absolute Gasteiger partial charge is 0.449 e. The molecular weight excluding hydrogens is 322 g/mol. The summed E-state index contributed by atoms with van der Waals surface area (Å²) in [5, 5.41) is 7.43. The second-order valence-corrected chi connectivity index (χ2v) is 6.50. The highest BCUT2D eigenvalue weighted by Crippen LogP contribution is 2.18. The van der Waals surface area contributed by atoms with Crippen LogP contribution in [0.5, 0.6) is 0 Å². The van der Waals surface area contributed by atoms with Gasteiger partial charge in [-0.15, -0.1) is 10.2 Å². The fourth-order valence-electron chi connectivity index (χ4n) is 1.82. The molecule has 0 bridgehead atoms. The summed E-state index contributed by atoms with van der Waals surface area (Å²) in [6.45, 7) is 5.14. The van der Waals surface area contributed by atoms with E-state index in [0.717, 1.165) is 0 Å². The number of ether oxygens (including phenoxy) is 1. The molecule has 23 heavy (non-hydrogen) atoms. The smallest absolute Gasteiger partial charge is 0.338 e. The SMILES string of the molecule is CCNS(=O)(=O)c1cccc(C(=O)O[C@H](C)c2nnc(C)o2)c1. The molecule has 0 fully saturated rings. The molecule has 2 rings (SSSR count). The van der Waals surface area contributed by atoms with Gasteiger partial charge in [0.2, 0.25) is 15.9 Å². The number of aromatic nitrogens is 2. The lowest BCUT2D eigenvalue weighted by Gasteiger charge is -2.10. The molecule has 0 aliphatic rings. The van der Waals surface area contributed by atoms with Crippen molar-refractivity contribution >= 4 is 16.0 Å². The number of rotatable bonds is 6. The topological polar surface area (TPSA) is 111 Å². The first-order valence-electron chi connectivity index (χ1n) is 6.94. The lowest BCUT2D eigenvalue weighted by molar-refractivity contribution is 0.0276. The van der Waals surface area contributed by atoms with Gasteiger partial charge >= 0.3 is 5.97 Å². The van der Waals surface area contributed by atoms with Gasteiger partial charge < -0.3 is 9.15 Å². The van der Waals surface area contributed by atoms with E-state index in [0.29, 0.717) is 5.89 Å². The maximum absolute atomic E-state index is 12.1. The number of aryl methyl sites for hydroxylation is 1. The van der Waals surface area contributed by atoms with Crippen molar-refractivity contribution in [3.05, 3.63) is 41.6 Å². The molecule has 9 heteroatoms. The first kappa shape index (κ1) is 17.1. The minimum atomic E-state index is -3.64. The van der Waals surface area contributed by atoms with Gasteiger partial charge in [0.1, 0.15) is 0 Å². The van der Waals surface area contributed by atoms with Crippen molar-refractivity contribution in [2.45, 2.75) is 31.8 Å². The average Bonchev–Trinajstić information content (AvgIpc) is 2.94. The van der Waals surface area contributed by atoms with Crippen LogP contribution in [0.2, 0.25) is 0 Å². The van der Waals surface area contributed by atoms with Gasteiger partial charge in [0.15, 0.2) is 6.10 Å². The third-order valence-corrected chi connectivity index (χ3v) is 4.43. The summed E-state index contributed by atoms with van der Waals surface area (Å²) in [5.41, 5.74) is 0.118. The molecule has 8 nitrogen and oxygen atoms in total. The normalized spacial score (nSPS) is 12.8. The van der Waals surface area contributed by atoms with E-state index in [1.54, 1.807) is 20.8 Å². The van der Waals surface area contributed by atoms with E-state index in [2.05, 4.69) is 14.9 Å². The third kappa shape index (κ3) is 4.14. The lowest BCUT2D eigenvalue weighted by atomic mass is 10.2. The molecule has 1 atom stereocenters. The molecule has 0 unspecified atom stereocenters. The van der Waals surface area contributed by atoms with Crippen LogP contribution in [0, 0.1) is 6.92 Å². The number of benzene rings is 1. The molecule has 0 radical (unpaired) electrons. The van der Waals surface area contributed by atoms with E-state index in [9.17, 15) is 13.2 Å². The van der Waals surface area contributed by atoms with Crippen molar-refractivity contribution in [3.63, 3.8) is 0 Å². The summed E-state index contributed by atoms with van der Waals surface area (Å²) >= 11 is 0. The van der Waals surface area contributed by atoms with Crippen LogP contribution in [0.3, 0.4) is 0 Å². The van der Waals surface area contributed by atoms with Crippen molar-refractivity contribution in [2.24, 2.45) is 0 Å². The zero-order chi connectivity index (χ0) is 17.0. The Kier molecular flexibility index (Phi) is 5.12. The summed E-state index contributed by atoms with van der Waals surface area (Å²) in [7, 11) is -3.64. The van der Waals surface area contributed by atoms with Crippen LogP contribution in [0.25, 0.3) is 0 Å². The van der Waals surface area contributed by atoms with Crippen molar-refractivity contribution in [1.29, 1.82) is 0 Å². The van der Waals surface area contributed by atoms with Crippen LogP contribution in [0.4, 0.5) is 0 Å². The van der Waals surface area contributed by atoms with E-state index in [1.165, 1.54) is 24.3 Å². The van der Waals surface area contributed by atoms with E-state index in [4.69, 9.17) is 9.15 Å². The standard InChI is InChI=1S/C14H17N3O5S/c1-4-15-23(19,20)12-7-5-6-11(8-12)14(18)21-9(2)13-17-16-10(3)22-13/h5-9,15H,4H2,1-3H3/t9-/m1/s1. The van der Waals surface area contributed by atoms with Crippen molar-refractivity contribution in [3.8, 4) is 0 Å². The minimum Gasteiger partial charge on any atom is -0.449 e. The van der Waals surface area contributed by atoms with E-state index in [1.807, 2.05) is 0 Å². The van der Waals surface area contributed by atoms with Crippen LogP contribution < -0.4 is 4.72 Å². The molecule has 0 aliphatic heterocycles. The maximum atomic E-state index is 12.1. The van der Waals surface area contributed by atoms with Gasteiger partial charge in [-0.05, 0) is 25.1 Å². The van der Waals surface area contributed by atoms with Crippen molar-refractivity contribution in [1.82, 2.24) is 14.9 Å². The fourth-order valence-corrected chi connectivity index (χ4v) is 2.91. The Bertz CT molecular complexity index is 800. The number of esters is 1. The number of carbonyl (C=O) groups excluding carboxylic acids is 1. The predicted molar refractivity (Wildman–Crippen MR) is 80.2 cm³/mol. The van der Waals surface area contributed by atoms with Gasteiger partial charge in [-0.2, -0.15) is 0 Å². The highest BCUT2D eigenvalue weighted by Gasteiger charge is 2.20. The van der Waals surface area contributed by atoms with Gasteiger partial charge in [0, 0.05) is 13.5 Å². The van der Waals surface area contributed by atoms with Crippen molar-refractivity contribution < 1.29 is 22.4 Å². The Morgan fingerprint density at radius 2 is 2.13 bits per heavy atom. The summed E-state index contributed by atoms with van der Waals surface area (Å²) in [6.07, 6.45) is -0.738. The molecule has 1 aromatic heterocycles. The number of hydrogen-bond donors (Lipinski definition) is 1. The first-order chi connectivity index (χ1) is 10.8. The Balaban J connectivity index is 2.17. The Labute approximate surface area is 133 Å². The molecule has 0 saturated carbocycles. The number of hydrogen-bond acceptors (Lipinski definition) is 7. The molecule has 1 aromatic carbocycles. The zero-order valence-corrected chi connectivity index (χ0v) is 13.8. The van der Waals surface area contributed by atoms with Crippen LogP contribution in [-0.4, -0.2) is 31.1 Å². The molecule has 124 valence electrons. The number of carbonyl (C=O) groups is 1. The molecule has 0 saturated heterocycles. The average molecular weight is 339 g/mol. The quantitative estimate of drug-likeness (QED) is 0.795. The second kappa shape index (κ2) is 6.88. The predicted octanol–water partition coefficient (Wildman–Crippen LogP) is 1.59. The number of nitrogens with zero attached hydrogens (tertiary/aromatic N) is 2.